The van der Waals surface area contributed by atoms with E-state index in [1.807, 2.05) is 23.7 Å². The first-order valence-electron chi connectivity index (χ1n) is 6.16. The summed E-state index contributed by atoms with van der Waals surface area (Å²) in [6.45, 7) is 3.60. The van der Waals surface area contributed by atoms with E-state index in [1.54, 1.807) is 24.5 Å². The van der Waals surface area contributed by atoms with E-state index in [2.05, 4.69) is 17.2 Å². The zero-order chi connectivity index (χ0) is 13.7. The maximum Gasteiger partial charge on any atom is 0.123 e. The summed E-state index contributed by atoms with van der Waals surface area (Å²) < 4.78 is 5.05. The van der Waals surface area contributed by atoms with Gasteiger partial charge in [0.25, 0.3) is 0 Å². The molecule has 1 unspecified atom stereocenters. The molecule has 0 saturated heterocycles. The Kier molecular flexibility index (Phi) is 4.76. The summed E-state index contributed by atoms with van der Waals surface area (Å²) in [6.07, 6.45) is 1.83. The predicted octanol–water partition coefficient (Wildman–Crippen LogP) is 2.75. The van der Waals surface area contributed by atoms with Gasteiger partial charge >= 0.3 is 0 Å². The molecule has 1 heterocycles. The van der Waals surface area contributed by atoms with Gasteiger partial charge in [-0.15, -0.1) is 11.3 Å². The molecule has 102 valence electrons. The van der Waals surface area contributed by atoms with Crippen molar-refractivity contribution in [1.29, 1.82) is 0 Å². The monoisotopic (exact) mass is 278 g/mol. The first kappa shape index (κ1) is 13.8. The summed E-state index contributed by atoms with van der Waals surface area (Å²) in [4.78, 5) is 4.29. The molecule has 1 aromatic carbocycles. The van der Waals surface area contributed by atoms with Crippen molar-refractivity contribution >= 4 is 11.3 Å². The van der Waals surface area contributed by atoms with E-state index < -0.39 is 0 Å². The minimum absolute atomic E-state index is 0.258. The third-order valence-corrected chi connectivity index (χ3v) is 3.94. The molecule has 2 N–H and O–H groups in total. The van der Waals surface area contributed by atoms with Gasteiger partial charge in [-0.05, 0) is 6.07 Å². The van der Waals surface area contributed by atoms with Crippen molar-refractivity contribution in [1.82, 2.24) is 10.3 Å². The Morgan fingerprint density at radius 3 is 2.95 bits per heavy atom. The van der Waals surface area contributed by atoms with Gasteiger partial charge < -0.3 is 15.2 Å². The molecule has 0 aliphatic rings. The highest BCUT2D eigenvalue weighted by atomic mass is 32.1. The third kappa shape index (κ3) is 3.68. The molecule has 4 nitrogen and oxygen atoms in total. The number of phenolic OH excluding ortho intramolecular Hbond substituents is 1. The summed E-state index contributed by atoms with van der Waals surface area (Å²) in [5.74, 6) is 1.30. The van der Waals surface area contributed by atoms with Crippen LogP contribution in [0.1, 0.15) is 23.4 Å². The summed E-state index contributed by atoms with van der Waals surface area (Å²) in [6, 6.07) is 5.34. The maximum absolute atomic E-state index is 9.84. The van der Waals surface area contributed by atoms with Crippen LogP contribution < -0.4 is 10.1 Å². The van der Waals surface area contributed by atoms with Crippen LogP contribution in [0.4, 0.5) is 0 Å². The number of methoxy groups -OCH3 is 1. The predicted molar refractivity (Wildman–Crippen MR) is 76.9 cm³/mol. The van der Waals surface area contributed by atoms with E-state index in [9.17, 15) is 5.11 Å². The Morgan fingerprint density at radius 2 is 2.32 bits per heavy atom. The van der Waals surface area contributed by atoms with Crippen LogP contribution in [0.25, 0.3) is 0 Å². The molecule has 19 heavy (non-hydrogen) atoms. The molecule has 5 heteroatoms. The third-order valence-electron chi connectivity index (χ3n) is 2.93. The number of hydrogen-bond donors (Lipinski definition) is 2. The molecule has 1 aromatic heterocycles. The number of ether oxygens (including phenoxy) is 1. The van der Waals surface area contributed by atoms with Crippen LogP contribution in [0.3, 0.4) is 0 Å². The van der Waals surface area contributed by atoms with Gasteiger partial charge in [-0.25, -0.2) is 4.98 Å². The normalized spacial score (nSPS) is 12.3. The van der Waals surface area contributed by atoms with E-state index in [4.69, 9.17) is 4.74 Å². The van der Waals surface area contributed by atoms with Crippen LogP contribution in [0.2, 0.25) is 0 Å². The summed E-state index contributed by atoms with van der Waals surface area (Å²) in [5.41, 5.74) is 0.868. The molecule has 0 radical (unpaired) electrons. The molecule has 0 amide bonds. The average molecular weight is 278 g/mol. The Bertz CT molecular complexity index is 514. The number of aromatic nitrogens is 1. The van der Waals surface area contributed by atoms with Gasteiger partial charge in [0.1, 0.15) is 11.5 Å². The van der Waals surface area contributed by atoms with Gasteiger partial charge in [0, 0.05) is 42.2 Å². The minimum atomic E-state index is 0.258. The average Bonchev–Trinajstić information content (AvgIpc) is 2.94. The van der Waals surface area contributed by atoms with E-state index in [-0.39, 0.29) is 5.75 Å². The lowest BCUT2D eigenvalue weighted by molar-refractivity contribution is 0.405. The molecule has 0 saturated carbocycles. The van der Waals surface area contributed by atoms with E-state index in [0.29, 0.717) is 18.2 Å². The van der Waals surface area contributed by atoms with Crippen LogP contribution in [0, 0.1) is 0 Å². The van der Waals surface area contributed by atoms with Gasteiger partial charge in [-0.1, -0.05) is 13.0 Å². The SMILES string of the molecule is COc1ccc(CNCC(C)c2nccs2)c(O)c1. The maximum atomic E-state index is 9.84. The smallest absolute Gasteiger partial charge is 0.123 e. The van der Waals surface area contributed by atoms with Crippen LogP contribution in [-0.4, -0.2) is 23.7 Å². The number of nitrogens with one attached hydrogen (secondary N) is 1. The first-order chi connectivity index (χ1) is 9.20. The lowest BCUT2D eigenvalue weighted by Gasteiger charge is -2.11. The van der Waals surface area contributed by atoms with Crippen LogP contribution in [-0.2, 0) is 6.54 Å². The zero-order valence-electron chi connectivity index (χ0n) is 11.1. The van der Waals surface area contributed by atoms with Crippen molar-refractivity contribution in [2.45, 2.75) is 19.4 Å². The number of rotatable bonds is 6. The van der Waals surface area contributed by atoms with Crippen LogP contribution in [0.5, 0.6) is 11.5 Å². The van der Waals surface area contributed by atoms with Gasteiger partial charge in [0.05, 0.1) is 12.1 Å². The number of benzene rings is 1. The largest absolute Gasteiger partial charge is 0.507 e. The molecule has 2 aromatic rings. The molecule has 2 rings (SSSR count). The molecule has 0 spiro atoms. The number of nitrogens with zero attached hydrogens (tertiary/aromatic N) is 1. The Labute approximate surface area is 117 Å². The minimum Gasteiger partial charge on any atom is -0.507 e. The van der Waals surface area contributed by atoms with Crippen LogP contribution >= 0.6 is 11.3 Å². The highest BCUT2D eigenvalue weighted by Crippen LogP contribution is 2.23. The fraction of sp³-hybridized carbons (Fsp3) is 0.357. The second kappa shape index (κ2) is 6.54. The molecule has 0 fully saturated rings. The number of hydrogen-bond acceptors (Lipinski definition) is 5. The lowest BCUT2D eigenvalue weighted by Crippen LogP contribution is -2.19. The van der Waals surface area contributed by atoms with Crippen molar-refractivity contribution in [3.8, 4) is 11.5 Å². The van der Waals surface area contributed by atoms with Gasteiger partial charge in [0.2, 0.25) is 0 Å². The number of thiazole rings is 1. The Hall–Kier alpha value is -1.59. The van der Waals surface area contributed by atoms with E-state index in [0.717, 1.165) is 17.1 Å². The van der Waals surface area contributed by atoms with Crippen molar-refractivity contribution < 1.29 is 9.84 Å². The van der Waals surface area contributed by atoms with Crippen molar-refractivity contribution in [3.63, 3.8) is 0 Å². The van der Waals surface area contributed by atoms with Crippen molar-refractivity contribution in [2.24, 2.45) is 0 Å². The summed E-state index contributed by atoms with van der Waals surface area (Å²) in [5, 5.41) is 16.3. The fourth-order valence-electron chi connectivity index (χ4n) is 1.81. The van der Waals surface area contributed by atoms with Gasteiger partial charge in [-0.2, -0.15) is 0 Å². The fourth-order valence-corrected chi connectivity index (χ4v) is 2.51. The van der Waals surface area contributed by atoms with Crippen molar-refractivity contribution in [2.75, 3.05) is 13.7 Å². The molecule has 0 bridgehead atoms. The molecule has 0 aliphatic heterocycles. The highest BCUT2D eigenvalue weighted by Gasteiger charge is 2.08. The Morgan fingerprint density at radius 1 is 1.47 bits per heavy atom. The van der Waals surface area contributed by atoms with E-state index in [1.165, 1.54) is 0 Å². The standard InChI is InChI=1S/C14H18N2O2S/c1-10(14-16-5-6-19-14)8-15-9-11-3-4-12(18-2)7-13(11)17/h3-7,10,15,17H,8-9H2,1-2H3. The molecule has 1 atom stereocenters. The number of phenols is 1. The van der Waals surface area contributed by atoms with Gasteiger partial charge in [-0.3, -0.25) is 0 Å². The topological polar surface area (TPSA) is 54.4 Å². The summed E-state index contributed by atoms with van der Waals surface area (Å²) >= 11 is 1.67. The molecular formula is C14H18N2O2S. The summed E-state index contributed by atoms with van der Waals surface area (Å²) in [7, 11) is 1.59. The van der Waals surface area contributed by atoms with E-state index >= 15 is 0 Å². The quantitative estimate of drug-likeness (QED) is 0.853. The second-order valence-electron chi connectivity index (χ2n) is 4.40. The zero-order valence-corrected chi connectivity index (χ0v) is 11.9. The van der Waals surface area contributed by atoms with Gasteiger partial charge in [0.15, 0.2) is 0 Å². The molecular weight excluding hydrogens is 260 g/mol. The molecule has 0 aliphatic carbocycles. The Balaban J connectivity index is 1.86. The van der Waals surface area contributed by atoms with Crippen LogP contribution in [0.15, 0.2) is 29.8 Å². The highest BCUT2D eigenvalue weighted by molar-refractivity contribution is 7.09. The lowest BCUT2D eigenvalue weighted by atomic mass is 10.1. The first-order valence-corrected chi connectivity index (χ1v) is 7.04. The van der Waals surface area contributed by atoms with Crippen molar-refractivity contribution in [3.05, 3.63) is 40.3 Å². The second-order valence-corrected chi connectivity index (χ2v) is 5.32. The number of aromatic hydroxyl groups is 1.